The van der Waals surface area contributed by atoms with Crippen LogP contribution in [0.5, 0.6) is 5.75 Å². The van der Waals surface area contributed by atoms with Crippen LogP contribution in [-0.4, -0.2) is 32.2 Å². The molecule has 0 saturated carbocycles. The van der Waals surface area contributed by atoms with Gasteiger partial charge < -0.3 is 24.1 Å². The quantitative estimate of drug-likeness (QED) is 0.513. The largest absolute Gasteiger partial charge is 0.486 e. The number of ether oxygens (including phenoxy) is 2. The molecule has 1 unspecified atom stereocenters. The predicted molar refractivity (Wildman–Crippen MR) is 123 cm³/mol. The zero-order chi connectivity index (χ0) is 21.6. The van der Waals surface area contributed by atoms with Crippen LogP contribution in [0.25, 0.3) is 0 Å². The molecular formula is C24H25BrN2O4. The highest BCUT2D eigenvalue weighted by molar-refractivity contribution is 9.10. The Morgan fingerprint density at radius 2 is 1.90 bits per heavy atom. The number of nitrogens with zero attached hydrogens (tertiary/aromatic N) is 1. The molecule has 1 saturated heterocycles. The fourth-order valence-corrected chi connectivity index (χ4v) is 3.81. The fraction of sp³-hybridized carbons (Fsp3) is 0.292. The number of rotatable bonds is 7. The summed E-state index contributed by atoms with van der Waals surface area (Å²) >= 11 is 3.41. The lowest BCUT2D eigenvalue weighted by molar-refractivity contribution is 0.0907. The molecule has 1 atom stereocenters. The summed E-state index contributed by atoms with van der Waals surface area (Å²) in [6.45, 7) is 5.53. The summed E-state index contributed by atoms with van der Waals surface area (Å²) < 4.78 is 17.7. The van der Waals surface area contributed by atoms with Crippen molar-refractivity contribution >= 4 is 27.5 Å². The summed E-state index contributed by atoms with van der Waals surface area (Å²) in [7, 11) is 0. The van der Waals surface area contributed by atoms with Crippen molar-refractivity contribution in [3.05, 3.63) is 82.2 Å². The SMILES string of the molecule is CC(NC(=O)c1ccc(COc2cccc(Br)c2)o1)c1ccc(N2CCOCC2)cc1. The van der Waals surface area contributed by atoms with Crippen LogP contribution >= 0.6 is 15.9 Å². The molecule has 1 aliphatic rings. The molecule has 2 heterocycles. The van der Waals surface area contributed by atoms with E-state index < -0.39 is 0 Å². The third-order valence-corrected chi connectivity index (χ3v) is 5.67. The second-order valence-corrected chi connectivity index (χ2v) is 8.31. The highest BCUT2D eigenvalue weighted by atomic mass is 79.9. The van der Waals surface area contributed by atoms with Crippen molar-refractivity contribution in [1.82, 2.24) is 5.32 Å². The van der Waals surface area contributed by atoms with Gasteiger partial charge in [0.1, 0.15) is 18.1 Å². The molecular weight excluding hydrogens is 460 g/mol. The van der Waals surface area contributed by atoms with Gasteiger partial charge in [-0.25, -0.2) is 0 Å². The molecule has 0 radical (unpaired) electrons. The van der Waals surface area contributed by atoms with E-state index in [0.29, 0.717) is 5.76 Å². The Labute approximate surface area is 190 Å². The number of carbonyl (C=O) groups is 1. The standard InChI is InChI=1S/C24H25BrN2O4/c1-17(18-5-7-20(8-6-18)27-11-13-29-14-12-27)26-24(28)23-10-9-22(31-23)16-30-21-4-2-3-19(25)15-21/h2-10,15,17H,11-14,16H2,1H3,(H,26,28). The number of carbonyl (C=O) groups excluding carboxylic acids is 1. The summed E-state index contributed by atoms with van der Waals surface area (Å²) in [5, 5.41) is 2.99. The van der Waals surface area contributed by atoms with Gasteiger partial charge in [-0.1, -0.05) is 34.1 Å². The zero-order valence-corrected chi connectivity index (χ0v) is 18.9. The Morgan fingerprint density at radius 1 is 1.13 bits per heavy atom. The van der Waals surface area contributed by atoms with Gasteiger partial charge in [-0.2, -0.15) is 0 Å². The predicted octanol–water partition coefficient (Wildman–Crippen LogP) is 4.95. The molecule has 0 aliphatic carbocycles. The van der Waals surface area contributed by atoms with Gasteiger partial charge in [0.05, 0.1) is 19.3 Å². The van der Waals surface area contributed by atoms with Crippen molar-refractivity contribution in [2.45, 2.75) is 19.6 Å². The lowest BCUT2D eigenvalue weighted by Crippen LogP contribution is -2.36. The number of nitrogens with one attached hydrogen (secondary N) is 1. The monoisotopic (exact) mass is 484 g/mol. The maximum absolute atomic E-state index is 12.6. The Kier molecular flexibility index (Phi) is 6.94. The molecule has 1 aromatic heterocycles. The summed E-state index contributed by atoms with van der Waals surface area (Å²) in [5.74, 6) is 1.33. The topological polar surface area (TPSA) is 63.9 Å². The highest BCUT2D eigenvalue weighted by Crippen LogP contribution is 2.22. The minimum absolute atomic E-state index is 0.141. The number of anilines is 1. The van der Waals surface area contributed by atoms with Crippen molar-refractivity contribution in [3.63, 3.8) is 0 Å². The van der Waals surface area contributed by atoms with E-state index in [1.165, 1.54) is 5.69 Å². The first-order valence-electron chi connectivity index (χ1n) is 10.3. The molecule has 7 heteroatoms. The molecule has 0 spiro atoms. The van der Waals surface area contributed by atoms with Crippen LogP contribution in [0.4, 0.5) is 5.69 Å². The van der Waals surface area contributed by atoms with Crippen molar-refractivity contribution in [2.75, 3.05) is 31.2 Å². The van der Waals surface area contributed by atoms with Crippen LogP contribution in [0, 0.1) is 0 Å². The van der Waals surface area contributed by atoms with Crippen LogP contribution in [0.2, 0.25) is 0 Å². The molecule has 1 amide bonds. The van der Waals surface area contributed by atoms with Gasteiger partial charge in [0.2, 0.25) is 0 Å². The Morgan fingerprint density at radius 3 is 2.65 bits per heavy atom. The van der Waals surface area contributed by atoms with Crippen molar-refractivity contribution in [2.24, 2.45) is 0 Å². The molecule has 0 bridgehead atoms. The van der Waals surface area contributed by atoms with E-state index in [0.717, 1.165) is 42.1 Å². The van der Waals surface area contributed by atoms with Gasteiger partial charge in [0.15, 0.2) is 5.76 Å². The first-order chi connectivity index (χ1) is 15.1. The molecule has 3 aromatic rings. The molecule has 4 rings (SSSR count). The minimum Gasteiger partial charge on any atom is -0.486 e. The van der Waals surface area contributed by atoms with Gasteiger partial charge in [0, 0.05) is 23.2 Å². The maximum Gasteiger partial charge on any atom is 0.287 e. The van der Waals surface area contributed by atoms with E-state index >= 15 is 0 Å². The maximum atomic E-state index is 12.6. The number of amides is 1. The molecule has 2 aromatic carbocycles. The van der Waals surface area contributed by atoms with E-state index in [9.17, 15) is 4.79 Å². The number of furan rings is 1. The Bertz CT molecular complexity index is 1010. The smallest absolute Gasteiger partial charge is 0.287 e. The summed E-state index contributed by atoms with van der Waals surface area (Å²) in [4.78, 5) is 14.9. The first-order valence-corrected chi connectivity index (χ1v) is 11.1. The third-order valence-electron chi connectivity index (χ3n) is 5.18. The Balaban J connectivity index is 1.31. The van der Waals surface area contributed by atoms with Crippen molar-refractivity contribution in [3.8, 4) is 5.75 Å². The lowest BCUT2D eigenvalue weighted by atomic mass is 10.1. The first kappa shape index (κ1) is 21.5. The second-order valence-electron chi connectivity index (χ2n) is 7.40. The molecule has 31 heavy (non-hydrogen) atoms. The summed E-state index contributed by atoms with van der Waals surface area (Å²) in [6, 6.07) is 19.1. The number of hydrogen-bond acceptors (Lipinski definition) is 5. The van der Waals surface area contributed by atoms with E-state index in [2.05, 4.69) is 50.4 Å². The van der Waals surface area contributed by atoms with E-state index in [1.54, 1.807) is 12.1 Å². The summed E-state index contributed by atoms with van der Waals surface area (Å²) in [6.07, 6.45) is 0. The van der Waals surface area contributed by atoms with E-state index in [1.807, 2.05) is 31.2 Å². The van der Waals surface area contributed by atoms with Crippen molar-refractivity contribution < 1.29 is 18.7 Å². The van der Waals surface area contributed by atoms with Gasteiger partial charge in [-0.05, 0) is 55.0 Å². The van der Waals surface area contributed by atoms with E-state index in [4.69, 9.17) is 13.9 Å². The van der Waals surface area contributed by atoms with Gasteiger partial charge in [-0.15, -0.1) is 0 Å². The van der Waals surface area contributed by atoms with Crippen LogP contribution < -0.4 is 15.0 Å². The lowest BCUT2D eigenvalue weighted by Gasteiger charge is -2.29. The highest BCUT2D eigenvalue weighted by Gasteiger charge is 2.16. The molecule has 1 N–H and O–H groups in total. The normalized spacial score (nSPS) is 14.8. The zero-order valence-electron chi connectivity index (χ0n) is 17.3. The third kappa shape index (κ3) is 5.68. The minimum atomic E-state index is -0.251. The van der Waals surface area contributed by atoms with Gasteiger partial charge >= 0.3 is 0 Å². The van der Waals surface area contributed by atoms with Gasteiger partial charge in [0.25, 0.3) is 5.91 Å². The molecule has 1 aliphatic heterocycles. The number of benzene rings is 2. The van der Waals surface area contributed by atoms with Crippen LogP contribution in [-0.2, 0) is 11.3 Å². The fourth-order valence-electron chi connectivity index (χ4n) is 3.44. The molecule has 6 nitrogen and oxygen atoms in total. The number of hydrogen-bond donors (Lipinski definition) is 1. The number of morpholine rings is 1. The Hall–Kier alpha value is -2.77. The average Bonchev–Trinajstić information content (AvgIpc) is 3.28. The van der Waals surface area contributed by atoms with Crippen LogP contribution in [0.15, 0.2) is 69.6 Å². The van der Waals surface area contributed by atoms with Crippen LogP contribution in [0.3, 0.4) is 0 Å². The van der Waals surface area contributed by atoms with Crippen molar-refractivity contribution in [1.29, 1.82) is 0 Å². The second kappa shape index (κ2) is 10.0. The molecule has 162 valence electrons. The van der Waals surface area contributed by atoms with Gasteiger partial charge in [-0.3, -0.25) is 4.79 Å². The average molecular weight is 485 g/mol. The van der Waals surface area contributed by atoms with E-state index in [-0.39, 0.29) is 24.3 Å². The number of halogens is 1. The summed E-state index contributed by atoms with van der Waals surface area (Å²) in [5.41, 5.74) is 2.21. The molecule has 1 fully saturated rings. The van der Waals surface area contributed by atoms with Crippen LogP contribution in [0.1, 0.15) is 34.8 Å².